The number of alkyl halides is 3. The first kappa shape index (κ1) is 19.8. The van der Waals surface area contributed by atoms with Crippen LogP contribution in [0.2, 0.25) is 5.02 Å². The zero-order chi connectivity index (χ0) is 20.1. The van der Waals surface area contributed by atoms with Crippen LogP contribution in [-0.4, -0.2) is 10.7 Å². The summed E-state index contributed by atoms with van der Waals surface area (Å²) in [5.74, 6) is -0.768. The van der Waals surface area contributed by atoms with Gasteiger partial charge in [-0.05, 0) is 47.3 Å². The molecule has 1 saturated carbocycles. The molecule has 2 aromatic rings. The molecule has 0 N–H and O–H groups in total. The molecule has 0 saturated heterocycles. The van der Waals surface area contributed by atoms with Crippen LogP contribution in [0.4, 0.5) is 13.2 Å². The minimum Gasteiger partial charge on any atom is -0.335 e. The Morgan fingerprint density at radius 3 is 2.41 bits per heavy atom. The normalized spacial score (nSPS) is 21.6. The zero-order valence-electron chi connectivity index (χ0n) is 14.2. The first-order valence-electron chi connectivity index (χ1n) is 7.91. The van der Waals surface area contributed by atoms with E-state index in [9.17, 15) is 23.2 Å². The quantitative estimate of drug-likeness (QED) is 0.610. The minimum atomic E-state index is -4.86. The van der Waals surface area contributed by atoms with Gasteiger partial charge in [-0.25, -0.2) is 4.79 Å². The van der Waals surface area contributed by atoms with Crippen LogP contribution in [0.25, 0.3) is 11.3 Å². The van der Waals surface area contributed by atoms with E-state index in [4.69, 9.17) is 16.4 Å². The summed E-state index contributed by atoms with van der Waals surface area (Å²) in [5, 5.41) is 9.82. The van der Waals surface area contributed by atoms with Gasteiger partial charge in [0, 0.05) is 10.6 Å². The lowest BCUT2D eigenvalue weighted by Gasteiger charge is -2.17. The molecular formula is C18H13BrClF3N2O2. The van der Waals surface area contributed by atoms with E-state index in [-0.39, 0.29) is 22.7 Å². The molecule has 9 heteroatoms. The molecule has 1 aromatic carbocycles. The first-order chi connectivity index (χ1) is 12.5. The Hall–Kier alpha value is -1.98. The summed E-state index contributed by atoms with van der Waals surface area (Å²) in [6.07, 6.45) is -4.33. The third-order valence-electron chi connectivity index (χ3n) is 4.87. The molecule has 0 amide bonds. The minimum absolute atomic E-state index is 0.00718. The monoisotopic (exact) mass is 460 g/mol. The van der Waals surface area contributed by atoms with Crippen molar-refractivity contribution in [3.8, 4) is 17.3 Å². The summed E-state index contributed by atoms with van der Waals surface area (Å²) in [6.45, 7) is 3.46. The second-order valence-electron chi connectivity index (χ2n) is 6.70. The molecule has 0 bridgehead atoms. The van der Waals surface area contributed by atoms with Gasteiger partial charge in [0.25, 0.3) is 0 Å². The number of hydrogen-bond acceptors (Lipinski definition) is 3. The number of nitriles is 1. The van der Waals surface area contributed by atoms with Crippen molar-refractivity contribution in [2.45, 2.75) is 26.4 Å². The van der Waals surface area contributed by atoms with E-state index < -0.39 is 27.7 Å². The van der Waals surface area contributed by atoms with Gasteiger partial charge in [0.2, 0.25) is 0 Å². The molecule has 1 fully saturated rings. The van der Waals surface area contributed by atoms with Crippen LogP contribution < -0.4 is 4.84 Å². The molecule has 0 aliphatic heterocycles. The molecule has 1 heterocycles. The van der Waals surface area contributed by atoms with Crippen LogP contribution in [0, 0.1) is 22.7 Å². The van der Waals surface area contributed by atoms with Crippen molar-refractivity contribution in [1.29, 1.82) is 5.26 Å². The second kappa shape index (κ2) is 6.57. The molecule has 1 aliphatic carbocycles. The van der Waals surface area contributed by atoms with Gasteiger partial charge < -0.3 is 4.84 Å². The average Bonchev–Trinajstić information content (AvgIpc) is 3.08. The maximum absolute atomic E-state index is 13.7. The largest absolute Gasteiger partial charge is 0.435 e. The van der Waals surface area contributed by atoms with E-state index >= 15 is 0 Å². The third-order valence-corrected chi connectivity index (χ3v) is 5.89. The van der Waals surface area contributed by atoms with E-state index in [2.05, 4.69) is 15.9 Å². The van der Waals surface area contributed by atoms with Crippen molar-refractivity contribution < 1.29 is 22.8 Å². The summed E-state index contributed by atoms with van der Waals surface area (Å²) in [6, 6.07) is 7.61. The summed E-state index contributed by atoms with van der Waals surface area (Å²) < 4.78 is 41.0. The third kappa shape index (κ3) is 3.34. The van der Waals surface area contributed by atoms with E-state index in [1.807, 2.05) is 6.92 Å². The Balaban J connectivity index is 2.23. The Kier molecular flexibility index (Phi) is 4.81. The second-order valence-corrected chi connectivity index (χ2v) is 7.93. The van der Waals surface area contributed by atoms with Crippen LogP contribution >= 0.6 is 27.5 Å². The zero-order valence-corrected chi connectivity index (χ0v) is 16.5. The van der Waals surface area contributed by atoms with Crippen molar-refractivity contribution in [2.75, 3.05) is 0 Å². The predicted octanol–water partition coefficient (Wildman–Crippen LogP) is 5.46. The highest BCUT2D eigenvalue weighted by Gasteiger charge is 2.55. The number of hydrogen-bond donors (Lipinski definition) is 0. The SMILES string of the molecule is CC1CC1(C)C(=O)On1c(-c2ccc(Cl)cc2)c(C#N)c(Br)c1C(F)(F)F. The van der Waals surface area contributed by atoms with Gasteiger partial charge in [-0.2, -0.15) is 23.2 Å². The number of aromatic nitrogens is 1. The number of carbonyl (C=O) groups excluding carboxylic acids is 1. The first-order valence-corrected chi connectivity index (χ1v) is 9.08. The fraction of sp³-hybridized carbons (Fsp3) is 0.333. The average molecular weight is 462 g/mol. The highest BCUT2D eigenvalue weighted by atomic mass is 79.9. The molecule has 4 nitrogen and oxygen atoms in total. The molecule has 2 unspecified atom stereocenters. The summed E-state index contributed by atoms with van der Waals surface area (Å²) in [7, 11) is 0. The van der Waals surface area contributed by atoms with Gasteiger partial charge in [-0.3, -0.25) is 0 Å². The molecule has 0 spiro atoms. The van der Waals surface area contributed by atoms with Gasteiger partial charge in [-0.15, -0.1) is 0 Å². The van der Waals surface area contributed by atoms with Crippen LogP contribution in [0.1, 0.15) is 31.5 Å². The van der Waals surface area contributed by atoms with Crippen molar-refractivity contribution in [1.82, 2.24) is 4.73 Å². The number of carbonyl (C=O) groups is 1. The predicted molar refractivity (Wildman–Crippen MR) is 95.8 cm³/mol. The van der Waals surface area contributed by atoms with Gasteiger partial charge in [0.05, 0.1) is 15.5 Å². The van der Waals surface area contributed by atoms with Gasteiger partial charge >= 0.3 is 12.1 Å². The van der Waals surface area contributed by atoms with Gasteiger partial charge in [0.15, 0.2) is 5.69 Å². The fourth-order valence-corrected chi connectivity index (χ4v) is 3.66. The summed E-state index contributed by atoms with van der Waals surface area (Å²) in [4.78, 5) is 17.7. The highest BCUT2D eigenvalue weighted by Crippen LogP contribution is 2.52. The maximum Gasteiger partial charge on any atom is 0.435 e. The number of rotatable bonds is 3. The van der Waals surface area contributed by atoms with Crippen molar-refractivity contribution >= 4 is 33.5 Å². The fourth-order valence-electron chi connectivity index (χ4n) is 2.88. The Labute approximate surface area is 166 Å². The maximum atomic E-state index is 13.7. The molecule has 2 atom stereocenters. The summed E-state index contributed by atoms with van der Waals surface area (Å²) >= 11 is 8.69. The van der Waals surface area contributed by atoms with E-state index in [1.165, 1.54) is 24.3 Å². The number of benzene rings is 1. The lowest BCUT2D eigenvalue weighted by atomic mass is 10.1. The van der Waals surface area contributed by atoms with Crippen LogP contribution in [0.3, 0.4) is 0 Å². The van der Waals surface area contributed by atoms with E-state index in [0.717, 1.165) is 0 Å². The highest BCUT2D eigenvalue weighted by molar-refractivity contribution is 9.10. The lowest BCUT2D eigenvalue weighted by Crippen LogP contribution is -2.31. The lowest BCUT2D eigenvalue weighted by molar-refractivity contribution is -0.164. The van der Waals surface area contributed by atoms with Crippen LogP contribution in [0.5, 0.6) is 0 Å². The molecule has 27 heavy (non-hydrogen) atoms. The molecule has 142 valence electrons. The topological polar surface area (TPSA) is 55.0 Å². The van der Waals surface area contributed by atoms with E-state index in [0.29, 0.717) is 16.2 Å². The molecular weight excluding hydrogens is 449 g/mol. The molecule has 1 aromatic heterocycles. The van der Waals surface area contributed by atoms with Crippen molar-refractivity contribution in [2.24, 2.45) is 11.3 Å². The Bertz CT molecular complexity index is 963. The number of nitrogens with zero attached hydrogens (tertiary/aromatic N) is 2. The van der Waals surface area contributed by atoms with Gasteiger partial charge in [0.1, 0.15) is 11.8 Å². The summed E-state index contributed by atoms with van der Waals surface area (Å²) in [5.41, 5.74) is -2.29. The molecule has 1 aliphatic rings. The van der Waals surface area contributed by atoms with Crippen molar-refractivity contribution in [3.05, 3.63) is 45.0 Å². The smallest absolute Gasteiger partial charge is 0.335 e. The standard InChI is InChI=1S/C18H13BrClF3N2O2/c1-9-7-17(9,2)16(26)27-25-14(10-3-5-11(20)6-4-10)12(8-24)13(19)15(25)18(21,22)23/h3-6,9H,7H2,1-2H3. The molecule has 3 rings (SSSR count). The van der Waals surface area contributed by atoms with E-state index in [1.54, 1.807) is 13.0 Å². The molecule has 0 radical (unpaired) electrons. The Morgan fingerprint density at radius 1 is 1.41 bits per heavy atom. The Morgan fingerprint density at radius 2 is 1.96 bits per heavy atom. The number of halogens is 5. The van der Waals surface area contributed by atoms with Gasteiger partial charge in [-0.1, -0.05) is 30.7 Å². The van der Waals surface area contributed by atoms with Crippen molar-refractivity contribution in [3.63, 3.8) is 0 Å². The van der Waals surface area contributed by atoms with Crippen LogP contribution in [-0.2, 0) is 11.0 Å². The van der Waals surface area contributed by atoms with Crippen LogP contribution in [0.15, 0.2) is 28.7 Å².